The highest BCUT2D eigenvalue weighted by atomic mass is 32.2. The molecule has 0 spiro atoms. The fraction of sp³-hybridized carbons (Fsp3) is 0.462. The van der Waals surface area contributed by atoms with Gasteiger partial charge >= 0.3 is 0 Å². The molecule has 0 aliphatic carbocycles. The molecule has 0 radical (unpaired) electrons. The van der Waals surface area contributed by atoms with E-state index < -0.39 is 12.0 Å². The second-order valence-corrected chi connectivity index (χ2v) is 6.52. The number of nitrogens with two attached hydrogens (primary N) is 1. The van der Waals surface area contributed by atoms with Crippen LogP contribution in [0.4, 0.5) is 5.82 Å². The molecule has 2 heterocycles. The van der Waals surface area contributed by atoms with Gasteiger partial charge in [0.05, 0.1) is 11.4 Å². The second-order valence-electron chi connectivity index (χ2n) is 4.42. The van der Waals surface area contributed by atoms with E-state index in [0.717, 1.165) is 22.4 Å². The van der Waals surface area contributed by atoms with Gasteiger partial charge in [-0.05, 0) is 24.5 Å². The van der Waals surface area contributed by atoms with E-state index in [0.29, 0.717) is 12.2 Å². The van der Waals surface area contributed by atoms with Crippen LogP contribution in [0.2, 0.25) is 0 Å². The largest absolute Gasteiger partial charge is 0.544 e. The van der Waals surface area contributed by atoms with Crippen molar-refractivity contribution in [2.45, 2.75) is 25.8 Å². The smallest absolute Gasteiger partial charge is 0.236 e. The Kier molecular flexibility index (Phi) is 5.33. The molecule has 2 aromatic heterocycles. The molecular weight excluding hydrogens is 294 g/mol. The summed E-state index contributed by atoms with van der Waals surface area (Å²) in [5.41, 5.74) is 0. The first-order valence-corrected chi connectivity index (χ1v) is 8.64. The number of hydrogen-bond donors (Lipinski definition) is 1. The first-order chi connectivity index (χ1) is 9.65. The van der Waals surface area contributed by atoms with E-state index in [9.17, 15) is 9.90 Å². The van der Waals surface area contributed by atoms with Gasteiger partial charge in [-0.2, -0.15) is 16.7 Å². The van der Waals surface area contributed by atoms with Crippen molar-refractivity contribution >= 4 is 45.1 Å². The average molecular weight is 311 g/mol. The van der Waals surface area contributed by atoms with Gasteiger partial charge in [-0.3, -0.25) is 5.32 Å². The maximum absolute atomic E-state index is 11.2. The molecule has 1 atom stereocenters. The second kappa shape index (κ2) is 7.01. The number of thioether (sulfide) groups is 1. The molecule has 20 heavy (non-hydrogen) atoms. The topological polar surface area (TPSA) is 82.5 Å². The summed E-state index contributed by atoms with van der Waals surface area (Å²) in [6.45, 7) is 2.09. The number of carbonyl (C=O) groups is 1. The number of rotatable bonds is 7. The van der Waals surface area contributed by atoms with Crippen LogP contribution in [0.15, 0.2) is 12.4 Å². The highest BCUT2D eigenvalue weighted by Crippen LogP contribution is 2.26. The Morgan fingerprint density at radius 1 is 1.55 bits per heavy atom. The molecule has 5 nitrogen and oxygen atoms in total. The molecule has 0 aliphatic heterocycles. The SMILES string of the molecule is CCc1cc2c([NH2+][C@@H](CCSC)C(=O)[O-])ncnc2s1. The Hall–Kier alpha value is -1.18. The van der Waals surface area contributed by atoms with Crippen molar-refractivity contribution in [3.05, 3.63) is 17.3 Å². The summed E-state index contributed by atoms with van der Waals surface area (Å²) in [7, 11) is 0. The lowest BCUT2D eigenvalue weighted by molar-refractivity contribution is -0.609. The number of thiophene rings is 1. The van der Waals surface area contributed by atoms with E-state index >= 15 is 0 Å². The molecule has 0 bridgehead atoms. The van der Waals surface area contributed by atoms with Crippen LogP contribution in [-0.2, 0) is 11.2 Å². The number of carbonyl (C=O) groups excluding carboxylic acids is 1. The van der Waals surface area contributed by atoms with Gasteiger partial charge in [0.25, 0.3) is 0 Å². The molecule has 2 aromatic rings. The number of carboxylic acid groups (broad SMARTS) is 1. The Labute approximate surface area is 125 Å². The number of nitrogens with zero attached hydrogens (tertiary/aromatic N) is 2. The highest BCUT2D eigenvalue weighted by molar-refractivity contribution is 7.98. The molecule has 7 heteroatoms. The minimum atomic E-state index is -1.04. The molecule has 0 fully saturated rings. The number of quaternary nitrogens is 1. The minimum Gasteiger partial charge on any atom is -0.544 e. The van der Waals surface area contributed by atoms with Gasteiger partial charge in [-0.25, -0.2) is 4.98 Å². The molecular formula is C13H17N3O2S2. The summed E-state index contributed by atoms with van der Waals surface area (Å²) in [4.78, 5) is 21.8. The zero-order valence-corrected chi connectivity index (χ0v) is 13.1. The van der Waals surface area contributed by atoms with Crippen LogP contribution in [-0.4, -0.2) is 34.0 Å². The lowest BCUT2D eigenvalue weighted by Crippen LogP contribution is -2.88. The molecule has 2 rings (SSSR count). The van der Waals surface area contributed by atoms with Crippen LogP contribution >= 0.6 is 23.1 Å². The summed E-state index contributed by atoms with van der Waals surface area (Å²) in [6, 6.07) is 1.44. The van der Waals surface area contributed by atoms with E-state index in [2.05, 4.69) is 16.9 Å². The standard InChI is InChI=1S/C13H17N3O2S2/c1-3-8-6-9-11(14-7-15-12(9)20-8)16-10(13(17)18)4-5-19-2/h6-7,10H,3-5H2,1-2H3,(H,17,18)(H,14,15,16)/t10-/m0/s1. The van der Waals surface area contributed by atoms with Gasteiger partial charge in [0.2, 0.25) is 5.82 Å². The van der Waals surface area contributed by atoms with Crippen LogP contribution in [0.1, 0.15) is 18.2 Å². The van der Waals surface area contributed by atoms with E-state index in [1.165, 1.54) is 11.2 Å². The maximum atomic E-state index is 11.2. The maximum Gasteiger partial charge on any atom is 0.236 e. The Morgan fingerprint density at radius 3 is 3.00 bits per heavy atom. The quantitative estimate of drug-likeness (QED) is 0.796. The van der Waals surface area contributed by atoms with Gasteiger partial charge in [0.1, 0.15) is 17.2 Å². The number of hydrogen-bond acceptors (Lipinski definition) is 6. The zero-order valence-electron chi connectivity index (χ0n) is 11.5. The third kappa shape index (κ3) is 3.47. The molecule has 0 saturated heterocycles. The van der Waals surface area contributed by atoms with Crippen molar-refractivity contribution in [1.29, 1.82) is 0 Å². The van der Waals surface area contributed by atoms with Crippen molar-refractivity contribution in [3.63, 3.8) is 0 Å². The van der Waals surface area contributed by atoms with Crippen LogP contribution in [0.3, 0.4) is 0 Å². The summed E-state index contributed by atoms with van der Waals surface area (Å²) in [5, 5.41) is 13.8. The number of aliphatic carboxylic acids is 1. The van der Waals surface area contributed by atoms with Crippen LogP contribution in [0.5, 0.6) is 0 Å². The van der Waals surface area contributed by atoms with Crippen LogP contribution in [0, 0.1) is 0 Å². The molecule has 0 aromatic carbocycles. The lowest BCUT2D eigenvalue weighted by atomic mass is 10.2. The van der Waals surface area contributed by atoms with Gasteiger partial charge < -0.3 is 9.90 Å². The minimum absolute atomic E-state index is 0.555. The summed E-state index contributed by atoms with van der Waals surface area (Å²) < 4.78 is 0. The molecule has 0 amide bonds. The van der Waals surface area contributed by atoms with Gasteiger partial charge in [-0.15, -0.1) is 11.3 Å². The normalized spacial score (nSPS) is 12.7. The Morgan fingerprint density at radius 2 is 2.35 bits per heavy atom. The summed E-state index contributed by atoms with van der Waals surface area (Å²) in [5.74, 6) is 0.436. The van der Waals surface area contributed by atoms with Crippen LogP contribution < -0.4 is 10.4 Å². The first kappa shape index (κ1) is 15.2. The van der Waals surface area contributed by atoms with Crippen molar-refractivity contribution in [2.24, 2.45) is 0 Å². The van der Waals surface area contributed by atoms with Gasteiger partial charge in [0, 0.05) is 11.3 Å². The number of carboxylic acids is 1. The number of fused-ring (bicyclic) bond motifs is 1. The lowest BCUT2D eigenvalue weighted by Gasteiger charge is -2.15. The number of aromatic nitrogens is 2. The first-order valence-electron chi connectivity index (χ1n) is 6.43. The number of aryl methyl sites for hydroxylation is 1. The third-order valence-electron chi connectivity index (χ3n) is 3.05. The van der Waals surface area contributed by atoms with Gasteiger partial charge in [-0.1, -0.05) is 6.92 Å². The average Bonchev–Trinajstić information content (AvgIpc) is 2.87. The van der Waals surface area contributed by atoms with E-state index in [-0.39, 0.29) is 0 Å². The Bertz CT molecular complexity index is 600. The summed E-state index contributed by atoms with van der Waals surface area (Å²) in [6.07, 6.45) is 4.95. The summed E-state index contributed by atoms with van der Waals surface area (Å²) >= 11 is 3.25. The monoisotopic (exact) mass is 311 g/mol. The van der Waals surface area contributed by atoms with E-state index in [1.807, 2.05) is 12.3 Å². The third-order valence-corrected chi connectivity index (χ3v) is 4.89. The molecule has 0 saturated carbocycles. The van der Waals surface area contributed by atoms with Crippen molar-refractivity contribution in [3.8, 4) is 0 Å². The van der Waals surface area contributed by atoms with Crippen LogP contribution in [0.25, 0.3) is 10.2 Å². The molecule has 0 aliphatic rings. The zero-order chi connectivity index (χ0) is 14.5. The van der Waals surface area contributed by atoms with Gasteiger partial charge in [0.15, 0.2) is 0 Å². The van der Waals surface area contributed by atoms with E-state index in [1.54, 1.807) is 28.4 Å². The molecule has 2 N–H and O–H groups in total. The molecule has 0 unspecified atom stereocenters. The van der Waals surface area contributed by atoms with E-state index in [4.69, 9.17) is 0 Å². The predicted octanol–water partition coefficient (Wildman–Crippen LogP) is 0.320. The van der Waals surface area contributed by atoms with Crippen molar-refractivity contribution in [2.75, 3.05) is 12.0 Å². The van der Waals surface area contributed by atoms with Crippen molar-refractivity contribution < 1.29 is 15.2 Å². The fourth-order valence-electron chi connectivity index (χ4n) is 1.94. The molecule has 108 valence electrons. The Balaban J connectivity index is 2.26. The highest BCUT2D eigenvalue weighted by Gasteiger charge is 2.18. The predicted molar refractivity (Wildman–Crippen MR) is 80.2 cm³/mol. The van der Waals surface area contributed by atoms with Crippen molar-refractivity contribution in [1.82, 2.24) is 9.97 Å². The fourth-order valence-corrected chi connectivity index (χ4v) is 3.37.